The van der Waals surface area contributed by atoms with Crippen LogP contribution in [0.4, 0.5) is 14.6 Å². The summed E-state index contributed by atoms with van der Waals surface area (Å²) in [6.07, 6.45) is 9.32. The van der Waals surface area contributed by atoms with E-state index in [4.69, 9.17) is 16.3 Å². The first kappa shape index (κ1) is 31.1. The molecule has 1 amide bonds. The van der Waals surface area contributed by atoms with Gasteiger partial charge in [-0.15, -0.1) is 0 Å². The van der Waals surface area contributed by atoms with Gasteiger partial charge in [0, 0.05) is 59.8 Å². The van der Waals surface area contributed by atoms with Gasteiger partial charge in [0.25, 0.3) is 0 Å². The summed E-state index contributed by atoms with van der Waals surface area (Å²) in [5.74, 6) is -0.875. The van der Waals surface area contributed by atoms with Crippen LogP contribution in [0.3, 0.4) is 0 Å². The highest BCUT2D eigenvalue weighted by Crippen LogP contribution is 2.48. The maximum absolute atomic E-state index is 15.2. The van der Waals surface area contributed by atoms with Crippen molar-refractivity contribution in [3.8, 4) is 16.9 Å². The molecule has 0 spiro atoms. The second-order valence-corrected chi connectivity index (χ2v) is 13.8. The molecule has 0 N–H and O–H groups in total. The van der Waals surface area contributed by atoms with Gasteiger partial charge >= 0.3 is 5.69 Å². The van der Waals surface area contributed by atoms with Crippen molar-refractivity contribution in [3.05, 3.63) is 64.1 Å². The third kappa shape index (κ3) is 5.27. The Labute approximate surface area is 272 Å². The Kier molecular flexibility index (Phi) is 8.30. The number of nitrogens with zero attached hydrogens (tertiary/aromatic N) is 5. The molecule has 2 unspecified atom stereocenters. The van der Waals surface area contributed by atoms with Gasteiger partial charge in [0.2, 0.25) is 5.91 Å². The fourth-order valence-corrected chi connectivity index (χ4v) is 8.68. The summed E-state index contributed by atoms with van der Waals surface area (Å²) in [5, 5.41) is 0.827. The SMILES string of the molecule is C=CC(=O)N1C[C@H](C)N(c2nc(=O)n3c4c(c(-c5ccc(F)cc5F)c(Cl)cc24)OC[C@H]3CCCN2C3CCCC2CC3)C[C@H]1C. The first-order valence-corrected chi connectivity index (χ1v) is 16.9. The predicted molar refractivity (Wildman–Crippen MR) is 176 cm³/mol. The van der Waals surface area contributed by atoms with Crippen LogP contribution in [-0.4, -0.2) is 75.7 Å². The summed E-state index contributed by atoms with van der Waals surface area (Å²) in [6.45, 7) is 9.64. The lowest BCUT2D eigenvalue weighted by atomic mass is 9.98. The number of piperidine rings is 1. The molecule has 5 atom stereocenters. The standard InChI is InChI=1S/C35H40ClF2N5O3/c1-4-30(44)41-17-21(3)42(18-20(41)2)34-27-16-28(36)31(26-13-10-22(37)15-29(26)38)33-32(27)43(35(45)39-34)25(19-46-33)9-6-14-40-23-7-5-8-24(40)12-11-23/h4,10,13,15-16,20-21,23-25H,1,5-9,11-12,14,17-19H2,2-3H3/t20-,21+,23?,24?,25-/m1/s1. The van der Waals surface area contributed by atoms with Gasteiger partial charge in [0.1, 0.15) is 24.1 Å². The van der Waals surface area contributed by atoms with Gasteiger partial charge in [0.05, 0.1) is 16.6 Å². The van der Waals surface area contributed by atoms with Crippen molar-refractivity contribution in [1.82, 2.24) is 19.4 Å². The molecule has 3 aromatic rings. The number of anilines is 1. The minimum Gasteiger partial charge on any atom is -0.488 e. The highest BCUT2D eigenvalue weighted by atomic mass is 35.5. The van der Waals surface area contributed by atoms with E-state index in [0.29, 0.717) is 47.6 Å². The number of carbonyl (C=O) groups excluding carboxylic acids is 1. The van der Waals surface area contributed by atoms with E-state index < -0.39 is 17.3 Å². The van der Waals surface area contributed by atoms with Gasteiger partial charge in [-0.05, 0) is 83.2 Å². The van der Waals surface area contributed by atoms with Crippen molar-refractivity contribution in [2.24, 2.45) is 0 Å². The minimum atomic E-state index is -0.770. The zero-order valence-electron chi connectivity index (χ0n) is 26.4. The van der Waals surface area contributed by atoms with Crippen molar-refractivity contribution >= 4 is 34.2 Å². The first-order chi connectivity index (χ1) is 22.2. The van der Waals surface area contributed by atoms with Crippen LogP contribution < -0.4 is 15.3 Å². The van der Waals surface area contributed by atoms with Crippen molar-refractivity contribution < 1.29 is 18.3 Å². The second-order valence-electron chi connectivity index (χ2n) is 13.4. The Morgan fingerprint density at radius 2 is 1.87 bits per heavy atom. The summed E-state index contributed by atoms with van der Waals surface area (Å²) in [5.41, 5.74) is 0.477. The molecule has 2 bridgehead atoms. The number of fused-ring (bicyclic) bond motifs is 2. The van der Waals surface area contributed by atoms with Crippen LogP contribution in [0.25, 0.3) is 22.0 Å². The molecule has 5 heterocycles. The number of carbonyl (C=O) groups is 1. The summed E-state index contributed by atoms with van der Waals surface area (Å²) >= 11 is 6.90. The zero-order chi connectivity index (χ0) is 32.3. The maximum atomic E-state index is 15.2. The van der Waals surface area contributed by atoms with Crippen LogP contribution in [-0.2, 0) is 4.79 Å². The molecule has 3 saturated heterocycles. The molecule has 11 heteroatoms. The average molecular weight is 652 g/mol. The quantitative estimate of drug-likeness (QED) is 0.278. The molecule has 4 aliphatic rings. The van der Waals surface area contributed by atoms with Crippen LogP contribution in [0.15, 0.2) is 41.7 Å². The van der Waals surface area contributed by atoms with Crippen LogP contribution in [0.1, 0.15) is 64.8 Å². The zero-order valence-corrected chi connectivity index (χ0v) is 27.1. The fourth-order valence-electron chi connectivity index (χ4n) is 8.38. The average Bonchev–Trinajstić information content (AvgIpc) is 3.24. The molecule has 0 aliphatic carbocycles. The topological polar surface area (TPSA) is 70.9 Å². The molecular formula is C35H40ClF2N5O3. The largest absolute Gasteiger partial charge is 0.488 e. The van der Waals surface area contributed by atoms with Gasteiger partial charge in [-0.2, -0.15) is 4.98 Å². The molecule has 46 heavy (non-hydrogen) atoms. The summed E-state index contributed by atoms with van der Waals surface area (Å²) in [4.78, 5) is 37.7. The van der Waals surface area contributed by atoms with E-state index in [9.17, 15) is 14.0 Å². The lowest BCUT2D eigenvalue weighted by molar-refractivity contribution is -0.128. The van der Waals surface area contributed by atoms with E-state index >= 15 is 4.39 Å². The molecule has 244 valence electrons. The number of hydrogen-bond acceptors (Lipinski definition) is 6. The van der Waals surface area contributed by atoms with Crippen LogP contribution in [0, 0.1) is 11.6 Å². The number of ether oxygens (including phenoxy) is 1. The Morgan fingerprint density at radius 3 is 2.59 bits per heavy atom. The van der Waals surface area contributed by atoms with Crippen LogP contribution in [0.2, 0.25) is 5.02 Å². The number of hydrogen-bond donors (Lipinski definition) is 0. The number of aromatic nitrogens is 2. The smallest absolute Gasteiger partial charge is 0.350 e. The first-order valence-electron chi connectivity index (χ1n) is 16.5. The van der Waals surface area contributed by atoms with Crippen molar-refractivity contribution in [3.63, 3.8) is 0 Å². The molecule has 3 fully saturated rings. The highest BCUT2D eigenvalue weighted by Gasteiger charge is 2.38. The number of amides is 1. The lowest BCUT2D eigenvalue weighted by Crippen LogP contribution is -2.58. The molecular weight excluding hydrogens is 612 g/mol. The fraction of sp³-hybridized carbons (Fsp3) is 0.514. The number of halogens is 3. The van der Waals surface area contributed by atoms with Crippen molar-refractivity contribution in [2.75, 3.05) is 31.1 Å². The van der Waals surface area contributed by atoms with Gasteiger partial charge in [-0.25, -0.2) is 13.6 Å². The van der Waals surface area contributed by atoms with Crippen molar-refractivity contribution in [2.45, 2.75) is 89.0 Å². The van der Waals surface area contributed by atoms with Crippen LogP contribution >= 0.6 is 11.6 Å². The van der Waals surface area contributed by atoms with Gasteiger partial charge in [-0.3, -0.25) is 14.3 Å². The van der Waals surface area contributed by atoms with E-state index in [1.807, 2.05) is 18.7 Å². The molecule has 4 aliphatic heterocycles. The normalized spacial score (nSPS) is 26.0. The van der Waals surface area contributed by atoms with Gasteiger partial charge in [0.15, 0.2) is 5.75 Å². The Balaban J connectivity index is 1.31. The highest BCUT2D eigenvalue weighted by molar-refractivity contribution is 6.35. The molecule has 1 aromatic heterocycles. The summed E-state index contributed by atoms with van der Waals surface area (Å²) in [7, 11) is 0. The summed E-state index contributed by atoms with van der Waals surface area (Å²) in [6, 6.07) is 5.81. The molecule has 7 rings (SSSR count). The Hall–Kier alpha value is -3.50. The van der Waals surface area contributed by atoms with Gasteiger partial charge in [-0.1, -0.05) is 24.6 Å². The second kappa shape index (κ2) is 12.3. The molecule has 2 aromatic carbocycles. The third-order valence-electron chi connectivity index (χ3n) is 10.6. The third-order valence-corrected chi connectivity index (χ3v) is 10.9. The van der Waals surface area contributed by atoms with E-state index in [1.54, 1.807) is 15.5 Å². The summed E-state index contributed by atoms with van der Waals surface area (Å²) < 4.78 is 37.3. The monoisotopic (exact) mass is 651 g/mol. The predicted octanol–water partition coefficient (Wildman–Crippen LogP) is 6.34. The van der Waals surface area contributed by atoms with E-state index in [1.165, 1.54) is 50.3 Å². The molecule has 8 nitrogen and oxygen atoms in total. The Bertz CT molecular complexity index is 1750. The number of piperazine rings is 1. The Morgan fingerprint density at radius 1 is 1.11 bits per heavy atom. The molecule has 0 radical (unpaired) electrons. The number of rotatable bonds is 7. The minimum absolute atomic E-state index is 0.0956. The lowest BCUT2D eigenvalue weighted by Gasteiger charge is -2.45. The van der Waals surface area contributed by atoms with E-state index in [0.717, 1.165) is 25.5 Å². The van der Waals surface area contributed by atoms with E-state index in [-0.39, 0.29) is 46.8 Å². The van der Waals surface area contributed by atoms with Crippen LogP contribution in [0.5, 0.6) is 5.75 Å². The number of benzene rings is 2. The van der Waals surface area contributed by atoms with Gasteiger partial charge < -0.3 is 14.5 Å². The maximum Gasteiger partial charge on any atom is 0.350 e. The van der Waals surface area contributed by atoms with E-state index in [2.05, 4.69) is 16.5 Å². The van der Waals surface area contributed by atoms with Crippen molar-refractivity contribution in [1.29, 1.82) is 0 Å². The molecule has 0 saturated carbocycles.